The van der Waals surface area contributed by atoms with Gasteiger partial charge in [-0.1, -0.05) is 35.9 Å². The van der Waals surface area contributed by atoms with Crippen molar-refractivity contribution < 1.29 is 0 Å². The van der Waals surface area contributed by atoms with E-state index >= 15 is 0 Å². The molecule has 0 N–H and O–H groups in total. The molecule has 2 heterocycles. The molecule has 0 bridgehead atoms. The van der Waals surface area contributed by atoms with Crippen LogP contribution in [0.15, 0.2) is 77.7 Å². The molecule has 0 saturated heterocycles. The van der Waals surface area contributed by atoms with Gasteiger partial charge in [0.15, 0.2) is 0 Å². The Morgan fingerprint density at radius 1 is 1.07 bits per heavy atom. The van der Waals surface area contributed by atoms with Crippen LogP contribution in [-0.4, -0.2) is 9.55 Å². The molecular weight excluding hydrogens is 392 g/mol. The smallest absolute Gasteiger partial charge is 0.255 e. The predicted molar refractivity (Wildman–Crippen MR) is 122 cm³/mol. The van der Waals surface area contributed by atoms with E-state index in [9.17, 15) is 4.79 Å². The monoisotopic (exact) mass is 412 g/mol. The van der Waals surface area contributed by atoms with Crippen molar-refractivity contribution in [1.29, 1.82) is 0 Å². The number of allylic oxidation sites excluding steroid dienone is 2. The first-order valence-electron chi connectivity index (χ1n) is 10.5. The van der Waals surface area contributed by atoms with Gasteiger partial charge in [0.25, 0.3) is 5.56 Å². The van der Waals surface area contributed by atoms with Gasteiger partial charge < -0.3 is 0 Å². The maximum absolute atomic E-state index is 12.9. The highest BCUT2D eigenvalue weighted by molar-refractivity contribution is 6.31. The van der Waals surface area contributed by atoms with Crippen molar-refractivity contribution in [2.45, 2.75) is 19.3 Å². The number of nitrogens with zero attached hydrogens (tertiary/aromatic N) is 2. The Bertz CT molecular complexity index is 1370. The van der Waals surface area contributed by atoms with Crippen molar-refractivity contribution in [3.8, 4) is 5.69 Å². The zero-order chi connectivity index (χ0) is 20.2. The molecule has 1 fully saturated rings. The van der Waals surface area contributed by atoms with Gasteiger partial charge in [-0.2, -0.15) is 0 Å². The van der Waals surface area contributed by atoms with Crippen molar-refractivity contribution in [2.75, 3.05) is 0 Å². The van der Waals surface area contributed by atoms with E-state index in [-0.39, 0.29) is 5.56 Å². The van der Waals surface area contributed by atoms with Crippen molar-refractivity contribution >= 4 is 33.4 Å². The summed E-state index contributed by atoms with van der Waals surface area (Å²) < 4.78 is 1.78. The highest BCUT2D eigenvalue weighted by Crippen LogP contribution is 2.54. The summed E-state index contributed by atoms with van der Waals surface area (Å²) >= 11 is 6.26. The Kier molecular flexibility index (Phi) is 4.07. The highest BCUT2D eigenvalue weighted by Gasteiger charge is 2.48. The van der Waals surface area contributed by atoms with Crippen LogP contribution in [0.25, 0.3) is 27.5 Å². The standard InChI is InChI=1S/C26H21ClN2O/c27-18-8-11-24-23(14-18)26-17(15-28-24)7-12-25(30)29(26)19-9-5-16(6-10-19)13-22-20-3-1-2-4-21(20)22/h1,3,5-12,14-15,20-22H,2,4,13H2. The zero-order valence-corrected chi connectivity index (χ0v) is 17.2. The number of halogens is 1. The summed E-state index contributed by atoms with van der Waals surface area (Å²) in [5.41, 5.74) is 3.83. The summed E-state index contributed by atoms with van der Waals surface area (Å²) in [5.74, 6) is 2.44. The molecule has 0 aliphatic heterocycles. The molecule has 4 aromatic rings. The highest BCUT2D eigenvalue weighted by atomic mass is 35.5. The van der Waals surface area contributed by atoms with Crippen LogP contribution in [-0.2, 0) is 6.42 Å². The van der Waals surface area contributed by atoms with E-state index < -0.39 is 0 Å². The van der Waals surface area contributed by atoms with E-state index in [2.05, 4.69) is 41.4 Å². The number of pyridine rings is 2. The molecule has 0 radical (unpaired) electrons. The minimum Gasteiger partial charge on any atom is -0.276 e. The number of hydrogen-bond acceptors (Lipinski definition) is 2. The summed E-state index contributed by atoms with van der Waals surface area (Å²) in [4.78, 5) is 17.4. The first-order chi connectivity index (χ1) is 14.7. The van der Waals surface area contributed by atoms with Crippen molar-refractivity contribution in [2.24, 2.45) is 17.8 Å². The van der Waals surface area contributed by atoms with Gasteiger partial charge >= 0.3 is 0 Å². The molecular formula is C26H21ClN2O. The molecule has 2 aliphatic rings. The van der Waals surface area contributed by atoms with Gasteiger partial charge in [0.1, 0.15) is 0 Å². The Morgan fingerprint density at radius 3 is 2.73 bits per heavy atom. The minimum atomic E-state index is -0.0546. The van der Waals surface area contributed by atoms with Crippen LogP contribution in [0.5, 0.6) is 0 Å². The minimum absolute atomic E-state index is 0.0546. The lowest BCUT2D eigenvalue weighted by molar-refractivity contribution is 0.641. The van der Waals surface area contributed by atoms with Crippen LogP contribution in [0.4, 0.5) is 0 Å². The van der Waals surface area contributed by atoms with E-state index in [1.165, 1.54) is 18.4 Å². The van der Waals surface area contributed by atoms with Crippen LogP contribution in [0, 0.1) is 17.8 Å². The molecule has 148 valence electrons. The van der Waals surface area contributed by atoms with Crippen molar-refractivity contribution in [3.63, 3.8) is 0 Å². The number of hydrogen-bond donors (Lipinski definition) is 0. The third kappa shape index (κ3) is 2.88. The Labute approximate surface area is 179 Å². The third-order valence-corrected chi connectivity index (χ3v) is 7.00. The fraction of sp³-hybridized carbons (Fsp3) is 0.231. The molecule has 4 heteroatoms. The molecule has 6 rings (SSSR count). The van der Waals surface area contributed by atoms with E-state index in [4.69, 9.17) is 11.6 Å². The number of aromatic nitrogens is 2. The summed E-state index contributed by atoms with van der Waals surface area (Å²) in [7, 11) is 0. The van der Waals surface area contributed by atoms with Crippen LogP contribution < -0.4 is 5.56 Å². The molecule has 1 saturated carbocycles. The Hall–Kier alpha value is -2.91. The topological polar surface area (TPSA) is 34.9 Å². The third-order valence-electron chi connectivity index (χ3n) is 6.77. The quantitative estimate of drug-likeness (QED) is 0.308. The molecule has 3 unspecified atom stereocenters. The lowest BCUT2D eigenvalue weighted by Crippen LogP contribution is -2.17. The summed E-state index contributed by atoms with van der Waals surface area (Å²) in [6, 6.07) is 17.5. The molecule has 3 atom stereocenters. The maximum Gasteiger partial charge on any atom is 0.255 e. The van der Waals surface area contributed by atoms with E-state index in [0.717, 1.165) is 51.7 Å². The van der Waals surface area contributed by atoms with Crippen molar-refractivity contribution in [1.82, 2.24) is 9.55 Å². The second-order valence-corrected chi connectivity index (χ2v) is 8.95. The summed E-state index contributed by atoms with van der Waals surface area (Å²) in [6.45, 7) is 0. The Morgan fingerprint density at radius 2 is 1.93 bits per heavy atom. The average Bonchev–Trinajstić information content (AvgIpc) is 3.47. The lowest BCUT2D eigenvalue weighted by Gasteiger charge is -2.13. The average molecular weight is 413 g/mol. The SMILES string of the molecule is O=c1ccc2cnc3ccc(Cl)cc3c2n1-c1ccc(CC2C3C=CCCC32)cc1. The molecule has 30 heavy (non-hydrogen) atoms. The molecule has 0 amide bonds. The van der Waals surface area contributed by atoms with Crippen molar-refractivity contribution in [3.05, 3.63) is 93.9 Å². The fourth-order valence-corrected chi connectivity index (χ4v) is 5.36. The summed E-state index contributed by atoms with van der Waals surface area (Å²) in [5, 5.41) is 2.44. The first-order valence-corrected chi connectivity index (χ1v) is 10.9. The normalized spacial score (nSPS) is 22.4. The second-order valence-electron chi connectivity index (χ2n) is 8.51. The van der Waals surface area contributed by atoms with Gasteiger partial charge in [0.05, 0.1) is 11.0 Å². The first kappa shape index (κ1) is 17.9. The zero-order valence-electron chi connectivity index (χ0n) is 16.5. The lowest BCUT2D eigenvalue weighted by atomic mass is 10.1. The number of benzene rings is 2. The largest absolute Gasteiger partial charge is 0.276 e. The van der Waals surface area contributed by atoms with Gasteiger partial charge in [0.2, 0.25) is 0 Å². The van der Waals surface area contributed by atoms with Gasteiger partial charge in [-0.3, -0.25) is 14.3 Å². The molecule has 0 spiro atoms. The van der Waals surface area contributed by atoms with Crippen LogP contribution in [0.3, 0.4) is 0 Å². The van der Waals surface area contributed by atoms with Gasteiger partial charge in [-0.15, -0.1) is 0 Å². The Balaban J connectivity index is 1.43. The molecule has 2 aromatic carbocycles. The molecule has 3 nitrogen and oxygen atoms in total. The summed E-state index contributed by atoms with van der Waals surface area (Å²) in [6.07, 6.45) is 10.2. The van der Waals surface area contributed by atoms with Crippen LogP contribution >= 0.6 is 11.6 Å². The predicted octanol–water partition coefficient (Wildman–Crippen LogP) is 5.95. The van der Waals surface area contributed by atoms with E-state index in [1.807, 2.05) is 30.5 Å². The van der Waals surface area contributed by atoms with E-state index in [0.29, 0.717) is 5.02 Å². The fourth-order valence-electron chi connectivity index (χ4n) is 5.19. The molecule has 2 aromatic heterocycles. The number of fused-ring (bicyclic) bond motifs is 4. The van der Waals surface area contributed by atoms with Gasteiger partial charge in [0, 0.05) is 33.7 Å². The van der Waals surface area contributed by atoms with Gasteiger partial charge in [-0.05, 0) is 79.0 Å². The van der Waals surface area contributed by atoms with Crippen LogP contribution in [0.1, 0.15) is 18.4 Å². The van der Waals surface area contributed by atoms with Gasteiger partial charge in [-0.25, -0.2) is 0 Å². The number of rotatable bonds is 3. The second kappa shape index (κ2) is 6.82. The van der Waals surface area contributed by atoms with Crippen LogP contribution in [0.2, 0.25) is 5.02 Å². The maximum atomic E-state index is 12.9. The van der Waals surface area contributed by atoms with E-state index in [1.54, 1.807) is 10.6 Å². The molecule has 2 aliphatic carbocycles.